The Hall–Kier alpha value is -2.12. The molecule has 2 heterocycles. The lowest BCUT2D eigenvalue weighted by atomic mass is 9.76. The standard InChI is InChI=1S/C13H20N4O4/c1-13(2)5-3-7-17(10(13)11(18)19)12(20)14-6-4-9-15-8-21-16-9/h8,10H,3-7H2,1-2H3,(H,14,20)(H,18,19). The summed E-state index contributed by atoms with van der Waals surface area (Å²) in [6.45, 7) is 4.55. The lowest BCUT2D eigenvalue weighted by molar-refractivity contribution is -0.148. The summed E-state index contributed by atoms with van der Waals surface area (Å²) in [5.41, 5.74) is -0.435. The van der Waals surface area contributed by atoms with Crippen LogP contribution in [0.1, 0.15) is 32.5 Å². The van der Waals surface area contributed by atoms with Crippen molar-refractivity contribution in [2.24, 2.45) is 5.41 Å². The molecule has 0 aromatic carbocycles. The number of hydrogen-bond donors (Lipinski definition) is 2. The van der Waals surface area contributed by atoms with Gasteiger partial charge in [-0.3, -0.25) is 0 Å². The summed E-state index contributed by atoms with van der Waals surface area (Å²) in [6, 6.07) is -1.17. The molecule has 1 saturated heterocycles. The van der Waals surface area contributed by atoms with Crippen molar-refractivity contribution in [2.75, 3.05) is 13.1 Å². The molecule has 0 spiro atoms. The first-order valence-corrected chi connectivity index (χ1v) is 6.94. The number of urea groups is 1. The molecule has 1 fully saturated rings. The predicted octanol–water partition coefficient (Wildman–Crippen LogP) is 0.897. The predicted molar refractivity (Wildman–Crippen MR) is 72.5 cm³/mol. The highest BCUT2D eigenvalue weighted by Gasteiger charge is 2.44. The van der Waals surface area contributed by atoms with Crippen molar-refractivity contribution < 1.29 is 19.2 Å². The van der Waals surface area contributed by atoms with Crippen molar-refractivity contribution in [1.82, 2.24) is 20.4 Å². The number of carboxylic acid groups (broad SMARTS) is 1. The minimum absolute atomic E-state index is 0.335. The number of hydrogen-bond acceptors (Lipinski definition) is 5. The number of aliphatic carboxylic acids is 1. The maximum absolute atomic E-state index is 12.2. The van der Waals surface area contributed by atoms with Crippen molar-refractivity contribution in [3.05, 3.63) is 12.2 Å². The molecule has 8 heteroatoms. The maximum atomic E-state index is 12.2. The Bertz CT molecular complexity index is 500. The number of piperidine rings is 1. The van der Waals surface area contributed by atoms with Gasteiger partial charge in [0.05, 0.1) is 0 Å². The van der Waals surface area contributed by atoms with Gasteiger partial charge in [-0.1, -0.05) is 19.0 Å². The molecular formula is C13H20N4O4. The Labute approximate surface area is 122 Å². The molecule has 116 valence electrons. The summed E-state index contributed by atoms with van der Waals surface area (Å²) in [4.78, 5) is 29.0. The van der Waals surface area contributed by atoms with Crippen LogP contribution >= 0.6 is 0 Å². The van der Waals surface area contributed by atoms with Crippen molar-refractivity contribution >= 4 is 12.0 Å². The smallest absolute Gasteiger partial charge is 0.327 e. The first-order chi connectivity index (χ1) is 9.92. The van der Waals surface area contributed by atoms with Gasteiger partial charge in [-0.25, -0.2) is 9.59 Å². The fourth-order valence-electron chi connectivity index (χ4n) is 2.76. The van der Waals surface area contributed by atoms with Crippen LogP contribution in [0.15, 0.2) is 10.9 Å². The normalized spacial score (nSPS) is 21.0. The molecule has 2 rings (SSSR count). The van der Waals surface area contributed by atoms with Crippen LogP contribution in [0.25, 0.3) is 0 Å². The first kappa shape index (κ1) is 15.3. The van der Waals surface area contributed by atoms with E-state index in [1.54, 1.807) is 0 Å². The fourth-order valence-corrected chi connectivity index (χ4v) is 2.76. The highest BCUT2D eigenvalue weighted by Crippen LogP contribution is 2.35. The van der Waals surface area contributed by atoms with E-state index in [4.69, 9.17) is 0 Å². The summed E-state index contributed by atoms with van der Waals surface area (Å²) in [7, 11) is 0. The van der Waals surface area contributed by atoms with Crippen LogP contribution < -0.4 is 5.32 Å². The largest absolute Gasteiger partial charge is 0.480 e. The molecule has 8 nitrogen and oxygen atoms in total. The van der Waals surface area contributed by atoms with Gasteiger partial charge in [0.15, 0.2) is 5.82 Å². The molecule has 1 aliphatic heterocycles. The third-order valence-electron chi connectivity index (χ3n) is 3.80. The molecule has 1 aromatic heterocycles. The summed E-state index contributed by atoms with van der Waals surface area (Å²) >= 11 is 0. The molecule has 0 saturated carbocycles. The lowest BCUT2D eigenvalue weighted by Crippen LogP contribution is -2.58. The monoisotopic (exact) mass is 296 g/mol. The fraction of sp³-hybridized carbons (Fsp3) is 0.692. The Balaban J connectivity index is 1.94. The minimum atomic E-state index is -0.965. The number of carbonyl (C=O) groups is 2. The average Bonchev–Trinajstić information content (AvgIpc) is 2.89. The molecule has 0 radical (unpaired) electrons. The molecule has 0 aliphatic carbocycles. The number of likely N-dealkylation sites (tertiary alicyclic amines) is 1. The molecule has 2 N–H and O–H groups in total. The lowest BCUT2D eigenvalue weighted by Gasteiger charge is -2.43. The summed E-state index contributed by atoms with van der Waals surface area (Å²) < 4.78 is 4.60. The molecule has 2 amide bonds. The van der Waals surface area contributed by atoms with Gasteiger partial charge < -0.3 is 19.8 Å². The summed E-state index contributed by atoms with van der Waals surface area (Å²) in [5, 5.41) is 15.8. The Kier molecular flexibility index (Phi) is 4.44. The van der Waals surface area contributed by atoms with Crippen LogP contribution in [-0.4, -0.2) is 51.3 Å². The number of nitrogens with one attached hydrogen (secondary N) is 1. The van der Waals surface area contributed by atoms with Gasteiger partial charge in [0.1, 0.15) is 6.04 Å². The minimum Gasteiger partial charge on any atom is -0.480 e. The van der Waals surface area contributed by atoms with E-state index in [0.717, 1.165) is 12.8 Å². The number of aromatic nitrogens is 2. The number of rotatable bonds is 4. The highest BCUT2D eigenvalue weighted by atomic mass is 16.5. The zero-order chi connectivity index (χ0) is 15.5. The van der Waals surface area contributed by atoms with Crippen molar-refractivity contribution in [1.29, 1.82) is 0 Å². The second-order valence-corrected chi connectivity index (χ2v) is 5.86. The zero-order valence-corrected chi connectivity index (χ0v) is 12.2. The topological polar surface area (TPSA) is 109 Å². The number of carboxylic acids is 1. The quantitative estimate of drug-likeness (QED) is 0.854. The van der Waals surface area contributed by atoms with E-state index in [9.17, 15) is 14.7 Å². The van der Waals surface area contributed by atoms with E-state index in [-0.39, 0.29) is 6.03 Å². The second-order valence-electron chi connectivity index (χ2n) is 5.86. The van der Waals surface area contributed by atoms with Gasteiger partial charge in [-0.05, 0) is 18.3 Å². The molecule has 1 aromatic rings. The zero-order valence-electron chi connectivity index (χ0n) is 12.2. The molecule has 0 bridgehead atoms. The van der Waals surface area contributed by atoms with Crippen LogP contribution in [0.2, 0.25) is 0 Å². The number of nitrogens with zero attached hydrogens (tertiary/aromatic N) is 3. The highest BCUT2D eigenvalue weighted by molar-refractivity contribution is 5.83. The molecule has 1 unspecified atom stereocenters. The third-order valence-corrected chi connectivity index (χ3v) is 3.80. The van der Waals surface area contributed by atoms with Crippen LogP contribution in [-0.2, 0) is 11.2 Å². The summed E-state index contributed by atoms with van der Waals surface area (Å²) in [5.74, 6) is -0.461. The van der Waals surface area contributed by atoms with Crippen LogP contribution in [0.4, 0.5) is 4.79 Å². The van der Waals surface area contributed by atoms with Gasteiger partial charge in [0.25, 0.3) is 0 Å². The Morgan fingerprint density at radius 3 is 2.95 bits per heavy atom. The van der Waals surface area contributed by atoms with Crippen LogP contribution in [0.5, 0.6) is 0 Å². The number of carbonyl (C=O) groups excluding carboxylic acids is 1. The molecular weight excluding hydrogens is 276 g/mol. The average molecular weight is 296 g/mol. The van der Waals surface area contributed by atoms with Crippen molar-refractivity contribution in [3.8, 4) is 0 Å². The third kappa shape index (κ3) is 3.50. The van der Waals surface area contributed by atoms with E-state index < -0.39 is 17.4 Å². The van der Waals surface area contributed by atoms with E-state index in [2.05, 4.69) is 20.0 Å². The Morgan fingerprint density at radius 1 is 1.57 bits per heavy atom. The van der Waals surface area contributed by atoms with Crippen molar-refractivity contribution in [2.45, 2.75) is 39.2 Å². The van der Waals surface area contributed by atoms with Crippen molar-refractivity contribution in [3.63, 3.8) is 0 Å². The maximum Gasteiger partial charge on any atom is 0.327 e. The molecule has 21 heavy (non-hydrogen) atoms. The first-order valence-electron chi connectivity index (χ1n) is 6.94. The van der Waals surface area contributed by atoms with Gasteiger partial charge in [-0.15, -0.1) is 0 Å². The molecule has 1 atom stereocenters. The van der Waals surface area contributed by atoms with Gasteiger partial charge in [0, 0.05) is 19.5 Å². The SMILES string of the molecule is CC1(C)CCCN(C(=O)NCCc2ncon2)C1C(=O)O. The van der Waals surface area contributed by atoms with Crippen LogP contribution in [0.3, 0.4) is 0 Å². The van der Waals surface area contributed by atoms with Gasteiger partial charge >= 0.3 is 12.0 Å². The van der Waals surface area contributed by atoms with Gasteiger partial charge in [-0.2, -0.15) is 4.98 Å². The van der Waals surface area contributed by atoms with Gasteiger partial charge in [0.2, 0.25) is 6.39 Å². The van der Waals surface area contributed by atoms with Crippen LogP contribution in [0, 0.1) is 5.41 Å². The second kappa shape index (κ2) is 6.11. The number of amides is 2. The molecule has 1 aliphatic rings. The van der Waals surface area contributed by atoms with E-state index in [0.29, 0.717) is 25.3 Å². The van der Waals surface area contributed by atoms with E-state index >= 15 is 0 Å². The van der Waals surface area contributed by atoms with E-state index in [1.165, 1.54) is 11.3 Å². The summed E-state index contributed by atoms with van der Waals surface area (Å²) in [6.07, 6.45) is 3.26. The van der Waals surface area contributed by atoms with E-state index in [1.807, 2.05) is 13.8 Å². The Morgan fingerprint density at radius 2 is 2.33 bits per heavy atom.